The van der Waals surface area contributed by atoms with Gasteiger partial charge >= 0.3 is 6.03 Å². The van der Waals surface area contributed by atoms with Crippen LogP contribution in [0.2, 0.25) is 0 Å². The molecule has 1 aliphatic heterocycles. The van der Waals surface area contributed by atoms with Crippen LogP contribution in [0.3, 0.4) is 0 Å². The SMILES string of the molecule is CC1CCc2c(sc(NC(=O)CN3C(=O)NC4(CCCCC4)C3=O)c2C(N)=O)C1. The van der Waals surface area contributed by atoms with E-state index >= 15 is 0 Å². The number of imide groups is 1. The van der Waals surface area contributed by atoms with Crippen LogP contribution < -0.4 is 16.4 Å². The van der Waals surface area contributed by atoms with Crippen LogP contribution in [0.15, 0.2) is 0 Å². The van der Waals surface area contributed by atoms with Gasteiger partial charge in [0.05, 0.1) is 5.56 Å². The number of thiophene rings is 1. The second-order valence-electron chi connectivity index (χ2n) is 8.43. The van der Waals surface area contributed by atoms with Gasteiger partial charge in [0.2, 0.25) is 5.91 Å². The normalized spacial score (nSPS) is 23.1. The van der Waals surface area contributed by atoms with Crippen molar-refractivity contribution in [1.29, 1.82) is 0 Å². The van der Waals surface area contributed by atoms with Crippen LogP contribution >= 0.6 is 11.3 Å². The number of amides is 5. The van der Waals surface area contributed by atoms with Gasteiger partial charge in [-0.1, -0.05) is 26.2 Å². The molecule has 0 radical (unpaired) electrons. The summed E-state index contributed by atoms with van der Waals surface area (Å²) in [5, 5.41) is 5.94. The Morgan fingerprint density at radius 3 is 2.69 bits per heavy atom. The number of nitrogens with one attached hydrogen (secondary N) is 2. The summed E-state index contributed by atoms with van der Waals surface area (Å²) in [4.78, 5) is 51.9. The van der Waals surface area contributed by atoms with Gasteiger partial charge in [0.25, 0.3) is 11.8 Å². The van der Waals surface area contributed by atoms with Gasteiger partial charge in [-0.25, -0.2) is 4.79 Å². The zero-order chi connectivity index (χ0) is 20.8. The summed E-state index contributed by atoms with van der Waals surface area (Å²) in [7, 11) is 0. The minimum atomic E-state index is -0.855. The second kappa shape index (κ2) is 7.44. The fourth-order valence-corrected chi connectivity index (χ4v) is 6.16. The van der Waals surface area contributed by atoms with E-state index in [1.165, 1.54) is 11.3 Å². The number of hydrogen-bond acceptors (Lipinski definition) is 5. The molecule has 1 aromatic rings. The first-order valence-electron chi connectivity index (χ1n) is 10.2. The summed E-state index contributed by atoms with van der Waals surface area (Å²) in [6.07, 6.45) is 6.61. The molecule has 2 fully saturated rings. The van der Waals surface area contributed by atoms with Crippen molar-refractivity contribution in [3.05, 3.63) is 16.0 Å². The maximum absolute atomic E-state index is 12.8. The van der Waals surface area contributed by atoms with Crippen LogP contribution in [0.5, 0.6) is 0 Å². The summed E-state index contributed by atoms with van der Waals surface area (Å²) in [6, 6.07) is -0.526. The van der Waals surface area contributed by atoms with Crippen molar-refractivity contribution in [2.24, 2.45) is 11.7 Å². The molecule has 1 aromatic heterocycles. The van der Waals surface area contributed by atoms with Gasteiger partial charge < -0.3 is 16.4 Å². The number of urea groups is 1. The van der Waals surface area contributed by atoms with Crippen molar-refractivity contribution in [2.45, 2.75) is 63.8 Å². The first-order valence-corrected chi connectivity index (χ1v) is 11.0. The Labute approximate surface area is 173 Å². The summed E-state index contributed by atoms with van der Waals surface area (Å²) in [5.41, 5.74) is 6.02. The van der Waals surface area contributed by atoms with Crippen molar-refractivity contribution >= 4 is 40.1 Å². The van der Waals surface area contributed by atoms with E-state index in [-0.39, 0.29) is 12.5 Å². The van der Waals surface area contributed by atoms with E-state index in [2.05, 4.69) is 17.6 Å². The summed E-state index contributed by atoms with van der Waals surface area (Å²) in [6.45, 7) is 1.78. The Bertz CT molecular complexity index is 887. The molecule has 1 saturated carbocycles. The largest absolute Gasteiger partial charge is 0.365 e. The molecule has 2 aliphatic carbocycles. The van der Waals surface area contributed by atoms with E-state index in [0.29, 0.717) is 29.3 Å². The molecule has 2 heterocycles. The van der Waals surface area contributed by atoms with Crippen LogP contribution in [-0.2, 0) is 22.4 Å². The fraction of sp³-hybridized carbons (Fsp3) is 0.600. The lowest BCUT2D eigenvalue weighted by Crippen LogP contribution is -2.48. The third kappa shape index (κ3) is 3.52. The molecule has 1 atom stereocenters. The van der Waals surface area contributed by atoms with Crippen molar-refractivity contribution in [3.63, 3.8) is 0 Å². The predicted octanol–water partition coefficient (Wildman–Crippen LogP) is 2.17. The Kier molecular flexibility index (Phi) is 5.10. The molecule has 1 saturated heterocycles. The van der Waals surface area contributed by atoms with Gasteiger partial charge in [0.15, 0.2) is 0 Å². The average molecular weight is 419 g/mol. The van der Waals surface area contributed by atoms with E-state index in [4.69, 9.17) is 5.73 Å². The van der Waals surface area contributed by atoms with Gasteiger partial charge in [-0.3, -0.25) is 19.3 Å². The molecule has 4 rings (SSSR count). The lowest BCUT2D eigenvalue weighted by atomic mass is 9.82. The quantitative estimate of drug-likeness (QED) is 0.649. The Morgan fingerprint density at radius 1 is 1.28 bits per heavy atom. The summed E-state index contributed by atoms with van der Waals surface area (Å²) < 4.78 is 0. The number of primary amides is 1. The van der Waals surface area contributed by atoms with Crippen LogP contribution in [0.1, 0.15) is 66.2 Å². The summed E-state index contributed by atoms with van der Waals surface area (Å²) in [5.74, 6) is -0.881. The third-order valence-corrected chi connectivity index (χ3v) is 7.44. The number of nitrogens with zero attached hydrogens (tertiary/aromatic N) is 1. The number of rotatable bonds is 4. The molecule has 9 heteroatoms. The van der Waals surface area contributed by atoms with E-state index in [1.54, 1.807) is 0 Å². The highest BCUT2D eigenvalue weighted by molar-refractivity contribution is 7.17. The number of anilines is 1. The Balaban J connectivity index is 1.50. The van der Waals surface area contributed by atoms with Crippen LogP contribution in [0.25, 0.3) is 0 Å². The van der Waals surface area contributed by atoms with E-state index in [1.807, 2.05) is 0 Å². The Hall–Kier alpha value is -2.42. The molecule has 0 bridgehead atoms. The Morgan fingerprint density at radius 2 is 2.00 bits per heavy atom. The maximum atomic E-state index is 12.8. The predicted molar refractivity (Wildman–Crippen MR) is 109 cm³/mol. The molecule has 8 nitrogen and oxygen atoms in total. The molecule has 4 N–H and O–H groups in total. The lowest BCUT2D eigenvalue weighted by Gasteiger charge is -2.30. The summed E-state index contributed by atoms with van der Waals surface area (Å²) >= 11 is 1.37. The monoisotopic (exact) mass is 418 g/mol. The highest BCUT2D eigenvalue weighted by Crippen LogP contribution is 2.39. The van der Waals surface area contributed by atoms with Gasteiger partial charge in [-0.15, -0.1) is 11.3 Å². The highest BCUT2D eigenvalue weighted by Gasteiger charge is 2.51. The van der Waals surface area contributed by atoms with Crippen molar-refractivity contribution in [2.75, 3.05) is 11.9 Å². The molecule has 1 unspecified atom stereocenters. The van der Waals surface area contributed by atoms with E-state index in [9.17, 15) is 19.2 Å². The third-order valence-electron chi connectivity index (χ3n) is 6.27. The van der Waals surface area contributed by atoms with Crippen LogP contribution in [0.4, 0.5) is 9.80 Å². The first-order chi connectivity index (χ1) is 13.8. The molecule has 0 aromatic carbocycles. The van der Waals surface area contributed by atoms with Gasteiger partial charge in [0.1, 0.15) is 17.1 Å². The minimum absolute atomic E-state index is 0.327. The standard InChI is InChI=1S/C20H26N4O4S/c1-11-5-6-12-13(9-11)29-17(15(12)16(21)26)22-14(25)10-24-18(27)20(23-19(24)28)7-3-2-4-8-20/h11H,2-10H2,1H3,(H2,21,26)(H,22,25)(H,23,28). The second-order valence-corrected chi connectivity index (χ2v) is 9.54. The lowest BCUT2D eigenvalue weighted by molar-refractivity contribution is -0.134. The first kappa shape index (κ1) is 19.9. The number of hydrogen-bond donors (Lipinski definition) is 3. The molecule has 156 valence electrons. The van der Waals surface area contributed by atoms with Gasteiger partial charge in [-0.2, -0.15) is 0 Å². The minimum Gasteiger partial charge on any atom is -0.365 e. The zero-order valence-electron chi connectivity index (χ0n) is 16.5. The van der Waals surface area contributed by atoms with Crippen molar-refractivity contribution < 1.29 is 19.2 Å². The molecule has 29 heavy (non-hydrogen) atoms. The van der Waals surface area contributed by atoms with Gasteiger partial charge in [0, 0.05) is 4.88 Å². The van der Waals surface area contributed by atoms with Crippen molar-refractivity contribution in [1.82, 2.24) is 10.2 Å². The molecule has 5 amide bonds. The zero-order valence-corrected chi connectivity index (χ0v) is 17.3. The number of nitrogens with two attached hydrogens (primary N) is 1. The van der Waals surface area contributed by atoms with Crippen LogP contribution in [-0.4, -0.2) is 40.7 Å². The molecule has 1 spiro atoms. The van der Waals surface area contributed by atoms with Crippen LogP contribution in [0, 0.1) is 5.92 Å². The van der Waals surface area contributed by atoms with E-state index in [0.717, 1.165) is 53.9 Å². The van der Waals surface area contributed by atoms with Gasteiger partial charge in [-0.05, 0) is 43.6 Å². The number of carbonyl (C=O) groups excluding carboxylic acids is 4. The average Bonchev–Trinajstić information content (AvgIpc) is 3.12. The number of carbonyl (C=O) groups is 4. The highest BCUT2D eigenvalue weighted by atomic mass is 32.1. The number of fused-ring (bicyclic) bond motifs is 1. The molecular weight excluding hydrogens is 392 g/mol. The fourth-order valence-electron chi connectivity index (χ4n) is 4.72. The van der Waals surface area contributed by atoms with E-state index < -0.39 is 23.4 Å². The molecule has 3 aliphatic rings. The molecular formula is C20H26N4O4S. The maximum Gasteiger partial charge on any atom is 0.325 e. The smallest absolute Gasteiger partial charge is 0.325 e. The topological polar surface area (TPSA) is 122 Å². The van der Waals surface area contributed by atoms with Crippen molar-refractivity contribution in [3.8, 4) is 0 Å².